The lowest BCUT2D eigenvalue weighted by Crippen LogP contribution is -2.41. The maximum Gasteiger partial charge on any atom is 0.118 e. The highest BCUT2D eigenvalue weighted by atomic mass is 79.9. The molecule has 0 aliphatic heterocycles. The predicted molar refractivity (Wildman–Crippen MR) is 84.3 cm³/mol. The zero-order valence-corrected chi connectivity index (χ0v) is 13.5. The van der Waals surface area contributed by atoms with Crippen molar-refractivity contribution in [1.82, 2.24) is 4.90 Å². The highest BCUT2D eigenvalue weighted by Crippen LogP contribution is 2.28. The maximum atomic E-state index is 5.19. The lowest BCUT2D eigenvalue weighted by molar-refractivity contribution is 0.202. The molecule has 1 fully saturated rings. The van der Waals surface area contributed by atoms with E-state index < -0.39 is 0 Å². The second-order valence-corrected chi connectivity index (χ2v) is 6.62. The molecule has 19 heavy (non-hydrogen) atoms. The van der Waals surface area contributed by atoms with Gasteiger partial charge in [0, 0.05) is 17.4 Å². The van der Waals surface area contributed by atoms with Gasteiger partial charge in [0.1, 0.15) is 5.75 Å². The van der Waals surface area contributed by atoms with Gasteiger partial charge in [-0.15, -0.1) is 0 Å². The third kappa shape index (κ3) is 4.22. The van der Waals surface area contributed by atoms with Gasteiger partial charge in [-0.05, 0) is 44.0 Å². The Morgan fingerprint density at radius 1 is 1.21 bits per heavy atom. The molecule has 0 amide bonds. The van der Waals surface area contributed by atoms with Crippen LogP contribution in [-0.2, 0) is 6.42 Å². The summed E-state index contributed by atoms with van der Waals surface area (Å²) in [5.74, 6) is 0.935. The van der Waals surface area contributed by atoms with E-state index in [0.29, 0.717) is 10.9 Å². The number of alkyl halides is 1. The first-order valence-corrected chi connectivity index (χ1v) is 8.09. The molecule has 1 aliphatic rings. The second-order valence-electron chi connectivity index (χ2n) is 5.45. The molecule has 1 aromatic rings. The van der Waals surface area contributed by atoms with Crippen molar-refractivity contribution in [1.29, 1.82) is 0 Å². The van der Waals surface area contributed by atoms with Gasteiger partial charge in [0.15, 0.2) is 0 Å². The standard InChI is InChI=1S/C16H24BrNO/c1-18(16-6-4-3-5-15(16)17)12-11-13-7-9-14(19-2)10-8-13/h7-10,15-16H,3-6,11-12H2,1-2H3. The number of rotatable bonds is 5. The van der Waals surface area contributed by atoms with E-state index >= 15 is 0 Å². The number of likely N-dealkylation sites (N-methyl/N-ethyl adjacent to an activating group) is 1. The first-order chi connectivity index (χ1) is 9.20. The van der Waals surface area contributed by atoms with Crippen LogP contribution in [0, 0.1) is 0 Å². The van der Waals surface area contributed by atoms with Gasteiger partial charge < -0.3 is 9.64 Å². The van der Waals surface area contributed by atoms with E-state index in [2.05, 4.69) is 40.0 Å². The molecule has 3 heteroatoms. The van der Waals surface area contributed by atoms with Gasteiger partial charge in [-0.25, -0.2) is 0 Å². The molecule has 0 saturated heterocycles. The Morgan fingerprint density at radius 2 is 1.89 bits per heavy atom. The van der Waals surface area contributed by atoms with E-state index in [0.717, 1.165) is 18.7 Å². The summed E-state index contributed by atoms with van der Waals surface area (Å²) in [6.45, 7) is 1.12. The summed E-state index contributed by atoms with van der Waals surface area (Å²) >= 11 is 3.84. The second kappa shape index (κ2) is 7.30. The minimum atomic E-state index is 0.669. The van der Waals surface area contributed by atoms with Crippen molar-refractivity contribution in [3.05, 3.63) is 29.8 Å². The fourth-order valence-electron chi connectivity index (χ4n) is 2.83. The highest BCUT2D eigenvalue weighted by molar-refractivity contribution is 9.09. The number of ether oxygens (including phenoxy) is 1. The van der Waals surface area contributed by atoms with Crippen LogP contribution in [0.2, 0.25) is 0 Å². The molecule has 2 nitrogen and oxygen atoms in total. The van der Waals surface area contributed by atoms with E-state index in [-0.39, 0.29) is 0 Å². The summed E-state index contributed by atoms with van der Waals surface area (Å²) in [6.07, 6.45) is 6.50. The van der Waals surface area contributed by atoms with E-state index in [9.17, 15) is 0 Å². The quantitative estimate of drug-likeness (QED) is 0.762. The zero-order valence-electron chi connectivity index (χ0n) is 11.9. The summed E-state index contributed by atoms with van der Waals surface area (Å²) in [4.78, 5) is 3.19. The molecule has 2 atom stereocenters. The number of hydrogen-bond donors (Lipinski definition) is 0. The molecule has 0 aromatic heterocycles. The SMILES string of the molecule is COc1ccc(CCN(C)C2CCCCC2Br)cc1. The Balaban J connectivity index is 1.83. The predicted octanol–water partition coefficient (Wildman–Crippen LogP) is 3.88. The normalized spacial score (nSPS) is 23.6. The van der Waals surface area contributed by atoms with Gasteiger partial charge in [0.25, 0.3) is 0 Å². The Hall–Kier alpha value is -0.540. The summed E-state index contributed by atoms with van der Waals surface area (Å²) in [7, 11) is 3.97. The van der Waals surface area contributed by atoms with Crippen molar-refractivity contribution < 1.29 is 4.74 Å². The molecule has 2 rings (SSSR count). The average Bonchev–Trinajstić information content (AvgIpc) is 2.46. The molecule has 0 spiro atoms. The number of hydrogen-bond acceptors (Lipinski definition) is 2. The fraction of sp³-hybridized carbons (Fsp3) is 0.625. The maximum absolute atomic E-state index is 5.19. The monoisotopic (exact) mass is 325 g/mol. The van der Waals surface area contributed by atoms with Gasteiger partial charge in [0.05, 0.1) is 7.11 Å². The molecule has 0 radical (unpaired) electrons. The lowest BCUT2D eigenvalue weighted by atomic mass is 9.94. The van der Waals surface area contributed by atoms with Crippen LogP contribution in [0.4, 0.5) is 0 Å². The van der Waals surface area contributed by atoms with Crippen LogP contribution in [0.5, 0.6) is 5.75 Å². The molecule has 1 aliphatic carbocycles. The zero-order chi connectivity index (χ0) is 13.7. The van der Waals surface area contributed by atoms with E-state index in [1.165, 1.54) is 31.2 Å². The van der Waals surface area contributed by atoms with E-state index in [1.54, 1.807) is 7.11 Å². The van der Waals surface area contributed by atoms with Crippen LogP contribution < -0.4 is 4.74 Å². The Labute approximate surface area is 125 Å². The largest absolute Gasteiger partial charge is 0.497 e. The van der Waals surface area contributed by atoms with Crippen molar-refractivity contribution in [3.63, 3.8) is 0 Å². The van der Waals surface area contributed by atoms with Crippen LogP contribution >= 0.6 is 15.9 Å². The van der Waals surface area contributed by atoms with E-state index in [4.69, 9.17) is 4.74 Å². The number of benzene rings is 1. The molecular weight excluding hydrogens is 302 g/mol. The third-order valence-corrected chi connectivity index (χ3v) is 5.19. The summed E-state index contributed by atoms with van der Waals surface area (Å²) in [5.41, 5.74) is 1.38. The third-order valence-electron chi connectivity index (χ3n) is 4.13. The van der Waals surface area contributed by atoms with Crippen LogP contribution in [0.15, 0.2) is 24.3 Å². The Kier molecular flexibility index (Phi) is 5.71. The molecule has 0 N–H and O–H groups in total. The summed E-state index contributed by atoms with van der Waals surface area (Å²) < 4.78 is 5.19. The smallest absolute Gasteiger partial charge is 0.118 e. The Morgan fingerprint density at radius 3 is 2.53 bits per heavy atom. The molecule has 1 aromatic carbocycles. The molecular formula is C16H24BrNO. The molecule has 0 heterocycles. The van der Waals surface area contributed by atoms with Crippen molar-refractivity contribution >= 4 is 15.9 Å². The van der Waals surface area contributed by atoms with Crippen LogP contribution in [0.3, 0.4) is 0 Å². The minimum Gasteiger partial charge on any atom is -0.497 e. The minimum absolute atomic E-state index is 0.669. The molecule has 2 unspecified atom stereocenters. The molecule has 0 bridgehead atoms. The van der Waals surface area contributed by atoms with Crippen molar-refractivity contribution in [3.8, 4) is 5.75 Å². The fourth-order valence-corrected chi connectivity index (χ4v) is 3.82. The van der Waals surface area contributed by atoms with Crippen molar-refractivity contribution in [2.24, 2.45) is 0 Å². The number of nitrogens with zero attached hydrogens (tertiary/aromatic N) is 1. The van der Waals surface area contributed by atoms with Crippen molar-refractivity contribution in [2.75, 3.05) is 20.7 Å². The summed E-state index contributed by atoms with van der Waals surface area (Å²) in [6, 6.07) is 9.12. The lowest BCUT2D eigenvalue weighted by Gasteiger charge is -2.35. The van der Waals surface area contributed by atoms with Crippen LogP contribution in [0.25, 0.3) is 0 Å². The van der Waals surface area contributed by atoms with Gasteiger partial charge in [-0.2, -0.15) is 0 Å². The molecule has 1 saturated carbocycles. The van der Waals surface area contributed by atoms with Gasteiger partial charge in [-0.3, -0.25) is 0 Å². The first-order valence-electron chi connectivity index (χ1n) is 7.18. The first kappa shape index (κ1) is 14.9. The average molecular weight is 326 g/mol. The highest BCUT2D eigenvalue weighted by Gasteiger charge is 2.25. The topological polar surface area (TPSA) is 12.5 Å². The number of halogens is 1. The van der Waals surface area contributed by atoms with Gasteiger partial charge in [0.2, 0.25) is 0 Å². The Bertz CT molecular complexity index is 379. The summed E-state index contributed by atoms with van der Waals surface area (Å²) in [5, 5.41) is 0. The van der Waals surface area contributed by atoms with Gasteiger partial charge >= 0.3 is 0 Å². The van der Waals surface area contributed by atoms with Crippen LogP contribution in [-0.4, -0.2) is 36.5 Å². The van der Waals surface area contributed by atoms with Crippen molar-refractivity contribution in [2.45, 2.75) is 43.0 Å². The van der Waals surface area contributed by atoms with Crippen LogP contribution in [0.1, 0.15) is 31.2 Å². The molecule has 106 valence electrons. The van der Waals surface area contributed by atoms with Gasteiger partial charge in [-0.1, -0.05) is 40.9 Å². The van der Waals surface area contributed by atoms with E-state index in [1.807, 2.05) is 12.1 Å². The number of methoxy groups -OCH3 is 1.